The Labute approximate surface area is 192 Å². The van der Waals surface area contributed by atoms with Gasteiger partial charge in [-0.15, -0.1) is 0 Å². The number of urea groups is 1. The number of fused-ring (bicyclic) bond motifs is 1. The van der Waals surface area contributed by atoms with E-state index in [4.69, 9.17) is 5.11 Å². The third-order valence-corrected chi connectivity index (χ3v) is 6.14. The van der Waals surface area contributed by atoms with Crippen LogP contribution in [0.1, 0.15) is 41.3 Å². The molecule has 0 saturated heterocycles. The summed E-state index contributed by atoms with van der Waals surface area (Å²) >= 11 is 0. The molecule has 1 aliphatic rings. The predicted molar refractivity (Wildman–Crippen MR) is 129 cm³/mol. The molecular formula is C27H26N2O4. The second-order valence-electron chi connectivity index (χ2n) is 8.86. The molecule has 0 aliphatic heterocycles. The Morgan fingerprint density at radius 2 is 1.64 bits per heavy atom. The fraction of sp³-hybridized carbons (Fsp3) is 0.222. The van der Waals surface area contributed by atoms with Gasteiger partial charge in [-0.3, -0.25) is 9.59 Å². The summed E-state index contributed by atoms with van der Waals surface area (Å²) in [6.07, 6.45) is 1.03. The maximum absolute atomic E-state index is 12.9. The number of anilines is 2. The van der Waals surface area contributed by atoms with Gasteiger partial charge in [0.1, 0.15) is 0 Å². The van der Waals surface area contributed by atoms with Crippen LogP contribution in [-0.2, 0) is 11.2 Å². The summed E-state index contributed by atoms with van der Waals surface area (Å²) in [4.78, 5) is 36.4. The molecule has 6 heteroatoms. The van der Waals surface area contributed by atoms with Gasteiger partial charge < -0.3 is 15.7 Å². The zero-order chi connectivity index (χ0) is 23.6. The number of carbonyl (C=O) groups is 3. The summed E-state index contributed by atoms with van der Waals surface area (Å²) in [7, 11) is 0. The van der Waals surface area contributed by atoms with Crippen LogP contribution in [0.4, 0.5) is 16.2 Å². The van der Waals surface area contributed by atoms with Crippen molar-refractivity contribution in [3.05, 3.63) is 83.4 Å². The van der Waals surface area contributed by atoms with Crippen LogP contribution >= 0.6 is 0 Å². The van der Waals surface area contributed by atoms with Crippen LogP contribution in [0.3, 0.4) is 0 Å². The number of carbonyl (C=O) groups excluding carboxylic acids is 2. The maximum Gasteiger partial charge on any atom is 0.323 e. The molecule has 33 heavy (non-hydrogen) atoms. The van der Waals surface area contributed by atoms with Gasteiger partial charge in [-0.25, -0.2) is 4.79 Å². The quantitative estimate of drug-likeness (QED) is 0.457. The van der Waals surface area contributed by atoms with Crippen molar-refractivity contribution in [1.29, 1.82) is 0 Å². The Balaban J connectivity index is 1.46. The lowest BCUT2D eigenvalue weighted by atomic mass is 9.69. The Kier molecular flexibility index (Phi) is 6.01. The first-order chi connectivity index (χ1) is 15.7. The fourth-order valence-corrected chi connectivity index (χ4v) is 4.32. The van der Waals surface area contributed by atoms with Crippen molar-refractivity contribution in [3.8, 4) is 11.1 Å². The van der Waals surface area contributed by atoms with E-state index < -0.39 is 11.4 Å². The molecule has 0 aromatic heterocycles. The van der Waals surface area contributed by atoms with Crippen molar-refractivity contribution in [3.63, 3.8) is 0 Å². The number of nitrogens with one attached hydrogen (secondary N) is 2. The SMILES string of the molecule is Cc1cccc(NC(=O)Nc2ccc(-c3ccc4c(c3)CCC(C)(CC(=O)O)C4=O)cc2)c1. The molecule has 1 atom stereocenters. The minimum absolute atomic E-state index is 0.100. The largest absolute Gasteiger partial charge is 0.481 e. The number of Topliss-reactive ketones (excluding diaryl/α,β-unsaturated/α-hetero) is 1. The second-order valence-corrected chi connectivity index (χ2v) is 8.86. The highest BCUT2D eigenvalue weighted by Gasteiger charge is 2.40. The van der Waals surface area contributed by atoms with E-state index in [0.717, 1.165) is 27.9 Å². The normalized spacial score (nSPS) is 17.2. The van der Waals surface area contributed by atoms with Crippen LogP contribution in [0.15, 0.2) is 66.7 Å². The molecule has 0 radical (unpaired) electrons. The first-order valence-electron chi connectivity index (χ1n) is 10.9. The van der Waals surface area contributed by atoms with Crippen molar-refractivity contribution >= 4 is 29.2 Å². The Morgan fingerprint density at radius 1 is 0.939 bits per heavy atom. The second kappa shape index (κ2) is 8.90. The van der Waals surface area contributed by atoms with Crippen molar-refractivity contribution in [1.82, 2.24) is 0 Å². The van der Waals surface area contributed by atoms with Crippen molar-refractivity contribution < 1.29 is 19.5 Å². The molecule has 0 bridgehead atoms. The van der Waals surface area contributed by atoms with Crippen LogP contribution in [0.2, 0.25) is 0 Å². The molecular weight excluding hydrogens is 416 g/mol. The smallest absolute Gasteiger partial charge is 0.323 e. The zero-order valence-corrected chi connectivity index (χ0v) is 18.6. The number of rotatable bonds is 5. The first-order valence-corrected chi connectivity index (χ1v) is 10.9. The van der Waals surface area contributed by atoms with Crippen LogP contribution in [0.5, 0.6) is 0 Å². The Morgan fingerprint density at radius 3 is 2.33 bits per heavy atom. The number of aryl methyl sites for hydroxylation is 2. The molecule has 168 valence electrons. The molecule has 0 fully saturated rings. The minimum atomic E-state index is -0.952. The lowest BCUT2D eigenvalue weighted by Crippen LogP contribution is -2.35. The van der Waals surface area contributed by atoms with E-state index in [-0.39, 0.29) is 18.2 Å². The molecule has 3 aromatic carbocycles. The standard InChI is InChI=1S/C27H26N2O4/c1-17-4-3-5-22(14-17)29-26(33)28-21-9-6-18(7-10-21)19-8-11-23-20(15-19)12-13-27(2,25(23)32)16-24(30)31/h3-11,14-15H,12-13,16H2,1-2H3,(H,30,31)(H2,28,29,33). The van der Waals surface area contributed by atoms with Gasteiger partial charge in [0.2, 0.25) is 0 Å². The van der Waals surface area contributed by atoms with E-state index in [9.17, 15) is 14.4 Å². The van der Waals surface area contributed by atoms with Crippen LogP contribution in [-0.4, -0.2) is 22.9 Å². The van der Waals surface area contributed by atoms with Crippen molar-refractivity contribution in [2.75, 3.05) is 10.6 Å². The van der Waals surface area contributed by atoms with Crippen molar-refractivity contribution in [2.45, 2.75) is 33.1 Å². The molecule has 4 rings (SSSR count). The van der Waals surface area contributed by atoms with Crippen LogP contribution in [0.25, 0.3) is 11.1 Å². The first kappa shape index (κ1) is 22.3. The molecule has 6 nitrogen and oxygen atoms in total. The third kappa shape index (κ3) is 4.95. The molecule has 1 aliphatic carbocycles. The van der Waals surface area contributed by atoms with Crippen molar-refractivity contribution in [2.24, 2.45) is 5.41 Å². The lowest BCUT2D eigenvalue weighted by molar-refractivity contribution is -0.139. The van der Waals surface area contributed by atoms with Crippen LogP contribution in [0, 0.1) is 12.3 Å². The lowest BCUT2D eigenvalue weighted by Gasteiger charge is -2.32. The third-order valence-electron chi connectivity index (χ3n) is 6.14. The summed E-state index contributed by atoms with van der Waals surface area (Å²) < 4.78 is 0. The Hall–Kier alpha value is -3.93. The molecule has 0 spiro atoms. The highest BCUT2D eigenvalue weighted by atomic mass is 16.4. The fourth-order valence-electron chi connectivity index (χ4n) is 4.32. The number of hydrogen-bond donors (Lipinski definition) is 3. The van der Waals surface area contributed by atoms with Gasteiger partial charge in [-0.05, 0) is 66.3 Å². The van der Waals surface area contributed by atoms with Gasteiger partial charge in [0.15, 0.2) is 5.78 Å². The monoisotopic (exact) mass is 442 g/mol. The van der Waals surface area contributed by atoms with Crippen LogP contribution < -0.4 is 10.6 Å². The van der Waals surface area contributed by atoms with E-state index >= 15 is 0 Å². The number of carboxylic acids is 1. The number of carboxylic acid groups (broad SMARTS) is 1. The minimum Gasteiger partial charge on any atom is -0.481 e. The Bertz CT molecular complexity index is 1230. The van der Waals surface area contributed by atoms with E-state index in [1.807, 2.05) is 67.6 Å². The molecule has 0 heterocycles. The summed E-state index contributed by atoms with van der Waals surface area (Å²) in [5.41, 5.74) is 5.10. The molecule has 3 aromatic rings. The summed E-state index contributed by atoms with van der Waals surface area (Å²) in [6, 6.07) is 20.5. The van der Waals surface area contributed by atoms with E-state index in [1.165, 1.54) is 0 Å². The number of aliphatic carboxylic acids is 1. The number of ketones is 1. The van der Waals surface area contributed by atoms with E-state index in [1.54, 1.807) is 13.0 Å². The highest BCUT2D eigenvalue weighted by Crippen LogP contribution is 2.39. The van der Waals surface area contributed by atoms with E-state index in [2.05, 4.69) is 10.6 Å². The van der Waals surface area contributed by atoms with E-state index in [0.29, 0.717) is 24.1 Å². The number of hydrogen-bond acceptors (Lipinski definition) is 3. The number of amides is 2. The zero-order valence-electron chi connectivity index (χ0n) is 18.6. The molecule has 2 amide bonds. The summed E-state index contributed by atoms with van der Waals surface area (Å²) in [5, 5.41) is 14.8. The summed E-state index contributed by atoms with van der Waals surface area (Å²) in [5.74, 6) is -1.05. The van der Waals surface area contributed by atoms with Gasteiger partial charge in [0.05, 0.1) is 6.42 Å². The topological polar surface area (TPSA) is 95.5 Å². The average molecular weight is 443 g/mol. The molecule has 0 saturated carbocycles. The maximum atomic E-state index is 12.9. The van der Waals surface area contributed by atoms with Gasteiger partial charge in [0.25, 0.3) is 0 Å². The molecule has 1 unspecified atom stereocenters. The molecule has 3 N–H and O–H groups in total. The van der Waals surface area contributed by atoms with Gasteiger partial charge >= 0.3 is 12.0 Å². The van der Waals surface area contributed by atoms with Gasteiger partial charge in [-0.1, -0.05) is 49.4 Å². The highest BCUT2D eigenvalue weighted by molar-refractivity contribution is 6.04. The predicted octanol–water partition coefficient (Wildman–Crippen LogP) is 5.92. The van der Waals surface area contributed by atoms with Gasteiger partial charge in [-0.2, -0.15) is 0 Å². The average Bonchev–Trinajstić information content (AvgIpc) is 2.76. The summed E-state index contributed by atoms with van der Waals surface area (Å²) in [6.45, 7) is 3.70. The number of benzene rings is 3. The van der Waals surface area contributed by atoms with Gasteiger partial charge in [0, 0.05) is 22.4 Å².